The number of aliphatic hydroxyl groups is 1. The number of rotatable bonds is 2. The fraction of sp³-hybridized carbons (Fsp3) is 0.455. The average molecular weight is 194 g/mol. The molecule has 1 aliphatic rings. The molecule has 0 radical (unpaired) electrons. The summed E-state index contributed by atoms with van der Waals surface area (Å²) in [6, 6.07) is 3.67. The molecule has 1 aromatic rings. The fourth-order valence-electron chi connectivity index (χ4n) is 1.73. The van der Waals surface area contributed by atoms with Crippen molar-refractivity contribution in [1.82, 2.24) is 0 Å². The van der Waals surface area contributed by atoms with Gasteiger partial charge in [0, 0.05) is 12.5 Å². The second-order valence-electron chi connectivity index (χ2n) is 3.76. The standard InChI is InChI=1S/C11H14O3/c1-7(4-12)10-2-8-5-14-6-9(8)3-11(10)13/h2-3,7,12-13H,4-6H2,1H3. The van der Waals surface area contributed by atoms with Crippen LogP contribution in [0.5, 0.6) is 5.75 Å². The number of benzene rings is 1. The highest BCUT2D eigenvalue weighted by molar-refractivity contribution is 5.44. The molecule has 1 unspecified atom stereocenters. The van der Waals surface area contributed by atoms with Crippen LogP contribution >= 0.6 is 0 Å². The van der Waals surface area contributed by atoms with Gasteiger partial charge in [0.05, 0.1) is 13.2 Å². The van der Waals surface area contributed by atoms with Crippen LogP contribution in [0.15, 0.2) is 12.1 Å². The lowest BCUT2D eigenvalue weighted by atomic mass is 9.96. The van der Waals surface area contributed by atoms with E-state index in [1.54, 1.807) is 6.07 Å². The second kappa shape index (κ2) is 3.59. The van der Waals surface area contributed by atoms with E-state index in [2.05, 4.69) is 0 Å². The molecule has 0 spiro atoms. The molecule has 0 amide bonds. The highest BCUT2D eigenvalue weighted by atomic mass is 16.5. The highest BCUT2D eigenvalue weighted by Gasteiger charge is 2.17. The van der Waals surface area contributed by atoms with Crippen molar-refractivity contribution in [2.75, 3.05) is 6.61 Å². The van der Waals surface area contributed by atoms with Gasteiger partial charge in [0.15, 0.2) is 0 Å². The van der Waals surface area contributed by atoms with Crippen molar-refractivity contribution in [3.63, 3.8) is 0 Å². The molecule has 1 aliphatic heterocycles. The van der Waals surface area contributed by atoms with Gasteiger partial charge in [0.1, 0.15) is 5.75 Å². The predicted octanol–water partition coefficient (Wildman–Crippen LogP) is 1.52. The van der Waals surface area contributed by atoms with Crippen molar-refractivity contribution in [1.29, 1.82) is 0 Å². The molecule has 0 fully saturated rings. The van der Waals surface area contributed by atoms with Crippen molar-refractivity contribution >= 4 is 0 Å². The Bertz CT molecular complexity index is 347. The monoisotopic (exact) mass is 194 g/mol. The van der Waals surface area contributed by atoms with Gasteiger partial charge in [-0.3, -0.25) is 0 Å². The molecular weight excluding hydrogens is 180 g/mol. The average Bonchev–Trinajstić information content (AvgIpc) is 2.62. The first kappa shape index (κ1) is 9.49. The largest absolute Gasteiger partial charge is 0.508 e. The SMILES string of the molecule is CC(CO)c1cc2c(cc1O)COC2. The zero-order valence-electron chi connectivity index (χ0n) is 8.16. The van der Waals surface area contributed by atoms with Crippen LogP contribution in [0.1, 0.15) is 29.5 Å². The number of phenols is 1. The Labute approximate surface area is 83.0 Å². The number of hydrogen-bond donors (Lipinski definition) is 2. The van der Waals surface area contributed by atoms with Crippen LogP contribution < -0.4 is 0 Å². The Morgan fingerprint density at radius 1 is 1.36 bits per heavy atom. The minimum absolute atomic E-state index is 0.0269. The van der Waals surface area contributed by atoms with Crippen LogP contribution in [0.2, 0.25) is 0 Å². The van der Waals surface area contributed by atoms with Gasteiger partial charge in [-0.15, -0.1) is 0 Å². The normalized spacial score (nSPS) is 16.7. The van der Waals surface area contributed by atoms with Crippen molar-refractivity contribution < 1.29 is 14.9 Å². The summed E-state index contributed by atoms with van der Waals surface area (Å²) < 4.78 is 5.26. The Morgan fingerprint density at radius 3 is 2.64 bits per heavy atom. The van der Waals surface area contributed by atoms with Crippen molar-refractivity contribution in [2.24, 2.45) is 0 Å². The molecule has 1 heterocycles. The van der Waals surface area contributed by atoms with Crippen LogP contribution in [0.3, 0.4) is 0 Å². The third-order valence-corrected chi connectivity index (χ3v) is 2.67. The van der Waals surface area contributed by atoms with Gasteiger partial charge in [-0.2, -0.15) is 0 Å². The number of fused-ring (bicyclic) bond motifs is 1. The quantitative estimate of drug-likeness (QED) is 0.750. The minimum atomic E-state index is -0.0269. The summed E-state index contributed by atoms with van der Waals surface area (Å²) in [5.74, 6) is 0.233. The summed E-state index contributed by atoms with van der Waals surface area (Å²) in [6.45, 7) is 3.13. The maximum atomic E-state index is 9.71. The van der Waals surface area contributed by atoms with Gasteiger partial charge in [-0.1, -0.05) is 6.92 Å². The summed E-state index contributed by atoms with van der Waals surface area (Å²) in [7, 11) is 0. The number of aromatic hydroxyl groups is 1. The van der Waals surface area contributed by atoms with Crippen LogP contribution in [-0.2, 0) is 18.0 Å². The van der Waals surface area contributed by atoms with E-state index in [9.17, 15) is 5.11 Å². The molecule has 2 N–H and O–H groups in total. The van der Waals surface area contributed by atoms with E-state index >= 15 is 0 Å². The number of ether oxygens (including phenoxy) is 1. The fourth-order valence-corrected chi connectivity index (χ4v) is 1.73. The summed E-state index contributed by atoms with van der Waals surface area (Å²) in [6.07, 6.45) is 0. The Balaban J connectivity index is 2.42. The topological polar surface area (TPSA) is 49.7 Å². The van der Waals surface area contributed by atoms with E-state index in [0.29, 0.717) is 13.2 Å². The van der Waals surface area contributed by atoms with Crippen LogP contribution in [-0.4, -0.2) is 16.8 Å². The molecule has 0 saturated carbocycles. The highest BCUT2D eigenvalue weighted by Crippen LogP contribution is 2.32. The van der Waals surface area contributed by atoms with E-state index in [1.165, 1.54) is 0 Å². The van der Waals surface area contributed by atoms with E-state index in [-0.39, 0.29) is 18.3 Å². The van der Waals surface area contributed by atoms with Crippen molar-refractivity contribution in [3.8, 4) is 5.75 Å². The van der Waals surface area contributed by atoms with E-state index in [4.69, 9.17) is 9.84 Å². The molecule has 1 aromatic carbocycles. The molecule has 0 saturated heterocycles. The van der Waals surface area contributed by atoms with Crippen LogP contribution in [0, 0.1) is 0 Å². The van der Waals surface area contributed by atoms with Gasteiger partial charge in [0.25, 0.3) is 0 Å². The summed E-state index contributed by atoms with van der Waals surface area (Å²) in [4.78, 5) is 0. The molecule has 3 nitrogen and oxygen atoms in total. The lowest BCUT2D eigenvalue weighted by Crippen LogP contribution is -2.00. The van der Waals surface area contributed by atoms with Gasteiger partial charge in [-0.25, -0.2) is 0 Å². The number of aliphatic hydroxyl groups excluding tert-OH is 1. The molecule has 14 heavy (non-hydrogen) atoms. The molecule has 0 aliphatic carbocycles. The van der Waals surface area contributed by atoms with Gasteiger partial charge in [-0.05, 0) is 28.8 Å². The maximum Gasteiger partial charge on any atom is 0.119 e. The van der Waals surface area contributed by atoms with Gasteiger partial charge in [0.2, 0.25) is 0 Å². The third kappa shape index (κ3) is 1.49. The first-order valence-corrected chi connectivity index (χ1v) is 4.75. The maximum absolute atomic E-state index is 9.71. The summed E-state index contributed by atoms with van der Waals surface area (Å²) in [5, 5.41) is 18.7. The molecular formula is C11H14O3. The molecule has 3 heteroatoms. The van der Waals surface area contributed by atoms with Crippen LogP contribution in [0.25, 0.3) is 0 Å². The first-order valence-electron chi connectivity index (χ1n) is 4.75. The van der Waals surface area contributed by atoms with Gasteiger partial charge >= 0.3 is 0 Å². The zero-order chi connectivity index (χ0) is 10.1. The number of phenolic OH excluding ortho intramolecular Hbond substituents is 1. The van der Waals surface area contributed by atoms with Gasteiger partial charge < -0.3 is 14.9 Å². The lowest BCUT2D eigenvalue weighted by molar-refractivity contribution is 0.134. The third-order valence-electron chi connectivity index (χ3n) is 2.67. The molecule has 0 bridgehead atoms. The van der Waals surface area contributed by atoms with Crippen molar-refractivity contribution in [2.45, 2.75) is 26.1 Å². The molecule has 76 valence electrons. The minimum Gasteiger partial charge on any atom is -0.508 e. The Kier molecular flexibility index (Phi) is 2.44. The molecule has 2 rings (SSSR count). The lowest BCUT2D eigenvalue weighted by Gasteiger charge is -2.12. The molecule has 1 atom stereocenters. The first-order chi connectivity index (χ1) is 6.72. The van der Waals surface area contributed by atoms with E-state index in [0.717, 1.165) is 16.7 Å². The predicted molar refractivity (Wildman–Crippen MR) is 52.1 cm³/mol. The smallest absolute Gasteiger partial charge is 0.119 e. The number of hydrogen-bond acceptors (Lipinski definition) is 3. The molecule has 0 aromatic heterocycles. The van der Waals surface area contributed by atoms with Crippen molar-refractivity contribution in [3.05, 3.63) is 28.8 Å². The Hall–Kier alpha value is -1.06. The zero-order valence-corrected chi connectivity index (χ0v) is 8.16. The second-order valence-corrected chi connectivity index (χ2v) is 3.76. The Morgan fingerprint density at radius 2 is 2.00 bits per heavy atom. The van der Waals surface area contributed by atoms with Crippen LogP contribution in [0.4, 0.5) is 0 Å². The summed E-state index contributed by atoms with van der Waals surface area (Å²) >= 11 is 0. The van der Waals surface area contributed by atoms with E-state index in [1.807, 2.05) is 13.0 Å². The van der Waals surface area contributed by atoms with E-state index < -0.39 is 0 Å². The summed E-state index contributed by atoms with van der Waals surface area (Å²) in [5.41, 5.74) is 2.98.